The summed E-state index contributed by atoms with van der Waals surface area (Å²) in [5.74, 6) is 0.937. The van der Waals surface area contributed by atoms with Crippen LogP contribution in [0.25, 0.3) is 44.9 Å². The summed E-state index contributed by atoms with van der Waals surface area (Å²) >= 11 is 0. The predicted molar refractivity (Wildman–Crippen MR) is 89.1 cm³/mol. The van der Waals surface area contributed by atoms with Gasteiger partial charge in [-0.2, -0.15) is 10.1 Å². The van der Waals surface area contributed by atoms with Crippen LogP contribution < -0.4 is 0 Å². The summed E-state index contributed by atoms with van der Waals surface area (Å²) in [4.78, 5) is 8.70. The number of benzene rings is 1. The van der Waals surface area contributed by atoms with Gasteiger partial charge in [-0.05, 0) is 29.7 Å². The molecule has 0 aliphatic rings. The van der Waals surface area contributed by atoms with Gasteiger partial charge in [0.2, 0.25) is 5.82 Å². The summed E-state index contributed by atoms with van der Waals surface area (Å²) in [6.07, 6.45) is 3.72. The van der Waals surface area contributed by atoms with Crippen LogP contribution in [0, 0.1) is 0 Å². The van der Waals surface area contributed by atoms with Crippen LogP contribution in [0.3, 0.4) is 0 Å². The number of hydrogen-bond donors (Lipinski definition) is 1. The van der Waals surface area contributed by atoms with Crippen LogP contribution >= 0.6 is 0 Å². The van der Waals surface area contributed by atoms with Gasteiger partial charge in [-0.15, -0.1) is 0 Å². The van der Waals surface area contributed by atoms with Gasteiger partial charge < -0.3 is 9.09 Å². The van der Waals surface area contributed by atoms with Gasteiger partial charge in [-0.1, -0.05) is 17.3 Å². The first kappa shape index (κ1) is 13.0. The standard InChI is InChI=1S/C17H12N6O/c1-23-8-6-10-4-5-11(9-13(10)23)15-19-17(24-22-15)14-12-3-2-7-18-16(12)21-20-14/h2-9H,1H3,(H,18,20,21). The lowest BCUT2D eigenvalue weighted by molar-refractivity contribution is 0.431. The zero-order valence-corrected chi connectivity index (χ0v) is 12.8. The van der Waals surface area contributed by atoms with E-state index in [0.717, 1.165) is 16.5 Å². The van der Waals surface area contributed by atoms with Crippen LogP contribution in [0.2, 0.25) is 0 Å². The Balaban J connectivity index is 1.62. The second-order valence-electron chi connectivity index (χ2n) is 5.60. The highest BCUT2D eigenvalue weighted by Crippen LogP contribution is 2.27. The molecule has 5 aromatic rings. The minimum absolute atomic E-state index is 0.396. The van der Waals surface area contributed by atoms with Crippen molar-refractivity contribution in [3.8, 4) is 23.0 Å². The second-order valence-corrected chi connectivity index (χ2v) is 5.60. The summed E-state index contributed by atoms with van der Waals surface area (Å²) in [6.45, 7) is 0. The molecule has 0 amide bonds. The Bertz CT molecular complexity index is 1180. The average Bonchev–Trinajstić information content (AvgIpc) is 3.33. The lowest BCUT2D eigenvalue weighted by Crippen LogP contribution is -1.86. The SMILES string of the molecule is Cn1ccc2ccc(-c3noc(-c4[nH]nc5ncccc45)n3)cc21. The van der Waals surface area contributed by atoms with Gasteiger partial charge in [0.25, 0.3) is 5.89 Å². The molecule has 0 saturated carbocycles. The topological polar surface area (TPSA) is 85.4 Å². The predicted octanol–water partition coefficient (Wildman–Crippen LogP) is 3.17. The van der Waals surface area contributed by atoms with Gasteiger partial charge in [-0.25, -0.2) is 4.98 Å². The van der Waals surface area contributed by atoms with Gasteiger partial charge in [-0.3, -0.25) is 5.10 Å². The van der Waals surface area contributed by atoms with Crippen molar-refractivity contribution in [3.63, 3.8) is 0 Å². The third kappa shape index (κ3) is 1.84. The molecule has 0 radical (unpaired) electrons. The van der Waals surface area contributed by atoms with Crippen LogP contribution in [0.1, 0.15) is 0 Å². The van der Waals surface area contributed by atoms with E-state index in [1.54, 1.807) is 6.20 Å². The van der Waals surface area contributed by atoms with Gasteiger partial charge in [0.05, 0.1) is 5.39 Å². The van der Waals surface area contributed by atoms with Crippen molar-refractivity contribution in [1.82, 2.24) is 29.9 Å². The Labute approximate surface area is 135 Å². The van der Waals surface area contributed by atoms with E-state index in [1.807, 2.05) is 31.4 Å². The first-order valence-electron chi connectivity index (χ1n) is 7.48. The molecule has 5 rings (SSSR count). The van der Waals surface area contributed by atoms with Gasteiger partial charge >= 0.3 is 0 Å². The number of rotatable bonds is 2. The fraction of sp³-hybridized carbons (Fsp3) is 0.0588. The molecule has 7 heteroatoms. The first-order valence-corrected chi connectivity index (χ1v) is 7.48. The molecule has 0 unspecified atom stereocenters. The van der Waals surface area contributed by atoms with Crippen LogP contribution in [0.15, 0.2) is 53.3 Å². The van der Waals surface area contributed by atoms with E-state index >= 15 is 0 Å². The smallest absolute Gasteiger partial charge is 0.276 e. The van der Waals surface area contributed by atoms with E-state index in [4.69, 9.17) is 4.52 Å². The number of aromatic amines is 1. The molecule has 0 spiro atoms. The molecular formula is C17H12N6O. The molecule has 0 saturated heterocycles. The van der Waals surface area contributed by atoms with Crippen molar-refractivity contribution in [2.75, 3.05) is 0 Å². The Hall–Kier alpha value is -3.48. The Kier molecular flexibility index (Phi) is 2.58. The molecule has 1 aromatic carbocycles. The Morgan fingerprint density at radius 2 is 2.12 bits per heavy atom. The fourth-order valence-corrected chi connectivity index (χ4v) is 2.86. The molecule has 0 fully saturated rings. The highest BCUT2D eigenvalue weighted by atomic mass is 16.5. The van der Waals surface area contributed by atoms with Crippen LogP contribution in [0.5, 0.6) is 0 Å². The molecule has 0 aliphatic heterocycles. The van der Waals surface area contributed by atoms with Crippen molar-refractivity contribution < 1.29 is 4.52 Å². The Morgan fingerprint density at radius 3 is 3.08 bits per heavy atom. The van der Waals surface area contributed by atoms with E-state index in [9.17, 15) is 0 Å². The maximum atomic E-state index is 5.43. The van der Waals surface area contributed by atoms with E-state index < -0.39 is 0 Å². The van der Waals surface area contributed by atoms with Crippen molar-refractivity contribution in [2.24, 2.45) is 7.05 Å². The van der Waals surface area contributed by atoms with E-state index in [2.05, 4.69) is 48.1 Å². The number of nitrogens with zero attached hydrogens (tertiary/aromatic N) is 5. The highest BCUT2D eigenvalue weighted by Gasteiger charge is 2.16. The number of aromatic nitrogens is 6. The number of pyridine rings is 1. The maximum Gasteiger partial charge on any atom is 0.276 e. The maximum absolute atomic E-state index is 5.43. The number of nitrogens with one attached hydrogen (secondary N) is 1. The van der Waals surface area contributed by atoms with Crippen LogP contribution in [0.4, 0.5) is 0 Å². The molecule has 4 aromatic heterocycles. The zero-order valence-electron chi connectivity index (χ0n) is 12.8. The first-order chi connectivity index (χ1) is 11.8. The molecule has 0 aliphatic carbocycles. The third-order valence-electron chi connectivity index (χ3n) is 4.12. The summed E-state index contributed by atoms with van der Waals surface area (Å²) in [7, 11) is 2.01. The number of hydrogen-bond acceptors (Lipinski definition) is 5. The largest absolute Gasteiger partial charge is 0.351 e. The minimum atomic E-state index is 0.396. The minimum Gasteiger partial charge on any atom is -0.351 e. The van der Waals surface area contributed by atoms with Crippen molar-refractivity contribution >= 4 is 21.9 Å². The van der Waals surface area contributed by atoms with Crippen LogP contribution in [-0.2, 0) is 7.05 Å². The van der Waals surface area contributed by atoms with E-state index in [1.165, 1.54) is 5.39 Å². The monoisotopic (exact) mass is 316 g/mol. The summed E-state index contributed by atoms with van der Waals surface area (Å²) in [6, 6.07) is 11.9. The number of fused-ring (bicyclic) bond motifs is 2. The molecule has 1 N–H and O–H groups in total. The summed E-state index contributed by atoms with van der Waals surface area (Å²) in [5.41, 5.74) is 3.32. The lowest BCUT2D eigenvalue weighted by atomic mass is 10.1. The summed E-state index contributed by atoms with van der Waals surface area (Å²) in [5, 5.41) is 13.2. The van der Waals surface area contributed by atoms with Gasteiger partial charge in [0.1, 0.15) is 5.69 Å². The van der Waals surface area contributed by atoms with Gasteiger partial charge in [0.15, 0.2) is 5.65 Å². The molecule has 116 valence electrons. The quantitative estimate of drug-likeness (QED) is 0.540. The normalized spacial score (nSPS) is 11.5. The van der Waals surface area contributed by atoms with E-state index in [0.29, 0.717) is 23.1 Å². The van der Waals surface area contributed by atoms with Crippen molar-refractivity contribution in [1.29, 1.82) is 0 Å². The lowest BCUT2D eigenvalue weighted by Gasteiger charge is -1.98. The van der Waals surface area contributed by atoms with Crippen molar-refractivity contribution in [3.05, 3.63) is 48.8 Å². The molecule has 0 bridgehead atoms. The van der Waals surface area contributed by atoms with Crippen molar-refractivity contribution in [2.45, 2.75) is 0 Å². The molecule has 24 heavy (non-hydrogen) atoms. The zero-order chi connectivity index (χ0) is 16.1. The highest BCUT2D eigenvalue weighted by molar-refractivity contribution is 5.88. The fourth-order valence-electron chi connectivity index (χ4n) is 2.86. The third-order valence-corrected chi connectivity index (χ3v) is 4.12. The van der Waals surface area contributed by atoms with Gasteiger partial charge in [0, 0.05) is 30.5 Å². The van der Waals surface area contributed by atoms with Crippen LogP contribution in [-0.4, -0.2) is 29.9 Å². The molecule has 0 atom stereocenters. The second kappa shape index (κ2) is 4.76. The number of H-pyrrole nitrogens is 1. The number of aryl methyl sites for hydroxylation is 1. The molecular weight excluding hydrogens is 304 g/mol. The molecule has 4 heterocycles. The average molecular weight is 316 g/mol. The Morgan fingerprint density at radius 1 is 1.17 bits per heavy atom. The summed E-state index contributed by atoms with van der Waals surface area (Å²) < 4.78 is 7.49. The van der Waals surface area contributed by atoms with E-state index in [-0.39, 0.29) is 0 Å². The molecule has 7 nitrogen and oxygen atoms in total.